The number of aromatic nitrogens is 1. The number of aromatic amines is 1. The molecular formula is C10H15N3O. The van der Waals surface area contributed by atoms with Gasteiger partial charge >= 0.3 is 0 Å². The number of anilines is 1. The van der Waals surface area contributed by atoms with Crippen LogP contribution in [0.1, 0.15) is 31.0 Å². The second kappa shape index (κ2) is 3.84. The van der Waals surface area contributed by atoms with Crippen molar-refractivity contribution in [2.75, 3.05) is 12.3 Å². The average Bonchev–Trinajstić information content (AvgIpc) is 2.23. The molecule has 4 N–H and O–H groups in total. The SMILES string of the molecule is Nc1ccc(C2CCCCN2)[nH]c1=O. The Balaban J connectivity index is 2.23. The summed E-state index contributed by atoms with van der Waals surface area (Å²) in [6.07, 6.45) is 3.51. The molecule has 1 saturated heterocycles. The van der Waals surface area contributed by atoms with E-state index in [9.17, 15) is 4.79 Å². The van der Waals surface area contributed by atoms with Gasteiger partial charge in [0.15, 0.2) is 0 Å². The van der Waals surface area contributed by atoms with Gasteiger partial charge in [0.05, 0.1) is 5.69 Å². The molecular weight excluding hydrogens is 178 g/mol. The molecule has 0 saturated carbocycles. The van der Waals surface area contributed by atoms with Gasteiger partial charge < -0.3 is 16.0 Å². The predicted molar refractivity (Wildman–Crippen MR) is 56.1 cm³/mol. The van der Waals surface area contributed by atoms with Gasteiger partial charge in [-0.1, -0.05) is 6.42 Å². The highest BCUT2D eigenvalue weighted by atomic mass is 16.1. The topological polar surface area (TPSA) is 70.9 Å². The monoisotopic (exact) mass is 193 g/mol. The van der Waals surface area contributed by atoms with Crippen molar-refractivity contribution >= 4 is 5.69 Å². The summed E-state index contributed by atoms with van der Waals surface area (Å²) in [5, 5.41) is 3.37. The smallest absolute Gasteiger partial charge is 0.271 e. The van der Waals surface area contributed by atoms with E-state index in [2.05, 4.69) is 10.3 Å². The number of hydrogen-bond donors (Lipinski definition) is 3. The molecule has 0 amide bonds. The largest absolute Gasteiger partial charge is 0.394 e. The van der Waals surface area contributed by atoms with Crippen molar-refractivity contribution < 1.29 is 0 Å². The van der Waals surface area contributed by atoms with E-state index in [1.165, 1.54) is 12.8 Å². The number of hydrogen-bond acceptors (Lipinski definition) is 3. The highest BCUT2D eigenvalue weighted by Crippen LogP contribution is 2.20. The van der Waals surface area contributed by atoms with E-state index in [-0.39, 0.29) is 17.3 Å². The normalized spacial score (nSPS) is 22.1. The zero-order valence-corrected chi connectivity index (χ0v) is 8.05. The number of nitrogens with two attached hydrogens (primary N) is 1. The first kappa shape index (κ1) is 9.27. The molecule has 4 heteroatoms. The highest BCUT2D eigenvalue weighted by molar-refractivity contribution is 5.35. The van der Waals surface area contributed by atoms with Gasteiger partial charge in [-0.2, -0.15) is 0 Å². The van der Waals surface area contributed by atoms with Gasteiger partial charge in [-0.3, -0.25) is 4.79 Å². The number of H-pyrrole nitrogens is 1. The van der Waals surface area contributed by atoms with Crippen LogP contribution in [0.2, 0.25) is 0 Å². The van der Waals surface area contributed by atoms with Crippen molar-refractivity contribution in [1.29, 1.82) is 0 Å². The van der Waals surface area contributed by atoms with Crippen LogP contribution in [0.3, 0.4) is 0 Å². The second-order valence-corrected chi connectivity index (χ2v) is 3.70. The first-order valence-electron chi connectivity index (χ1n) is 4.99. The molecule has 0 bridgehead atoms. The van der Waals surface area contributed by atoms with E-state index in [1.54, 1.807) is 6.07 Å². The van der Waals surface area contributed by atoms with Gasteiger partial charge in [0, 0.05) is 11.7 Å². The zero-order chi connectivity index (χ0) is 9.97. The average molecular weight is 193 g/mol. The molecule has 1 aromatic rings. The predicted octanol–water partition coefficient (Wildman–Crippen LogP) is 0.772. The van der Waals surface area contributed by atoms with Crippen LogP contribution in [0.4, 0.5) is 5.69 Å². The Hall–Kier alpha value is -1.29. The number of nitrogen functional groups attached to an aromatic ring is 1. The maximum atomic E-state index is 11.3. The molecule has 76 valence electrons. The van der Waals surface area contributed by atoms with E-state index < -0.39 is 0 Å². The molecule has 0 aromatic carbocycles. The van der Waals surface area contributed by atoms with E-state index in [4.69, 9.17) is 5.73 Å². The van der Waals surface area contributed by atoms with Crippen LogP contribution in [-0.2, 0) is 0 Å². The summed E-state index contributed by atoms with van der Waals surface area (Å²) < 4.78 is 0. The van der Waals surface area contributed by atoms with E-state index in [1.807, 2.05) is 6.07 Å². The lowest BCUT2D eigenvalue weighted by molar-refractivity contribution is 0.405. The maximum absolute atomic E-state index is 11.3. The lowest BCUT2D eigenvalue weighted by Crippen LogP contribution is -2.29. The third-order valence-electron chi connectivity index (χ3n) is 2.65. The van der Waals surface area contributed by atoms with Crippen molar-refractivity contribution in [3.63, 3.8) is 0 Å². The Bertz CT molecular complexity index is 366. The van der Waals surface area contributed by atoms with E-state index in [0.717, 1.165) is 18.7 Å². The van der Waals surface area contributed by atoms with Crippen LogP contribution in [0.25, 0.3) is 0 Å². The molecule has 2 rings (SSSR count). The van der Waals surface area contributed by atoms with Crippen LogP contribution < -0.4 is 16.6 Å². The fourth-order valence-corrected chi connectivity index (χ4v) is 1.82. The van der Waals surface area contributed by atoms with E-state index in [0.29, 0.717) is 0 Å². The Morgan fingerprint density at radius 2 is 2.21 bits per heavy atom. The standard InChI is InChI=1S/C10H15N3O/c11-7-4-5-9(13-10(7)14)8-3-1-2-6-12-8/h4-5,8,12H,1-3,6,11H2,(H,13,14). The molecule has 1 unspecified atom stereocenters. The molecule has 1 aliphatic rings. The third-order valence-corrected chi connectivity index (χ3v) is 2.65. The molecule has 1 aromatic heterocycles. The minimum atomic E-state index is -0.185. The van der Waals surface area contributed by atoms with Gasteiger partial charge in [0.25, 0.3) is 5.56 Å². The molecule has 0 spiro atoms. The molecule has 0 radical (unpaired) electrons. The summed E-state index contributed by atoms with van der Waals surface area (Å²) in [5.41, 5.74) is 6.50. The molecule has 2 heterocycles. The Kier molecular flexibility index (Phi) is 2.54. The van der Waals surface area contributed by atoms with Crippen molar-refractivity contribution in [3.05, 3.63) is 28.2 Å². The number of nitrogens with one attached hydrogen (secondary N) is 2. The van der Waals surface area contributed by atoms with E-state index >= 15 is 0 Å². The summed E-state index contributed by atoms with van der Waals surface area (Å²) in [7, 11) is 0. The summed E-state index contributed by atoms with van der Waals surface area (Å²) in [5.74, 6) is 0. The minimum Gasteiger partial charge on any atom is -0.394 e. The zero-order valence-electron chi connectivity index (χ0n) is 8.05. The van der Waals surface area contributed by atoms with Gasteiger partial charge in [-0.15, -0.1) is 0 Å². The van der Waals surface area contributed by atoms with Crippen LogP contribution >= 0.6 is 0 Å². The molecule has 0 aliphatic carbocycles. The Labute approximate surface area is 82.5 Å². The molecule has 1 fully saturated rings. The van der Waals surface area contributed by atoms with Crippen LogP contribution in [0, 0.1) is 0 Å². The maximum Gasteiger partial charge on any atom is 0.271 e. The third kappa shape index (κ3) is 1.80. The quantitative estimate of drug-likeness (QED) is 0.617. The fourth-order valence-electron chi connectivity index (χ4n) is 1.82. The first-order valence-corrected chi connectivity index (χ1v) is 4.99. The molecule has 4 nitrogen and oxygen atoms in total. The minimum absolute atomic E-state index is 0.185. The molecule has 14 heavy (non-hydrogen) atoms. The first-order chi connectivity index (χ1) is 6.77. The van der Waals surface area contributed by atoms with Crippen molar-refractivity contribution in [2.24, 2.45) is 0 Å². The van der Waals surface area contributed by atoms with Gasteiger partial charge in [-0.05, 0) is 31.5 Å². The number of rotatable bonds is 1. The van der Waals surface area contributed by atoms with Crippen LogP contribution in [0.5, 0.6) is 0 Å². The lowest BCUT2D eigenvalue weighted by atomic mass is 10.0. The fraction of sp³-hybridized carbons (Fsp3) is 0.500. The molecule has 1 aliphatic heterocycles. The van der Waals surface area contributed by atoms with Gasteiger partial charge in [0.2, 0.25) is 0 Å². The highest BCUT2D eigenvalue weighted by Gasteiger charge is 2.15. The van der Waals surface area contributed by atoms with Crippen LogP contribution in [0.15, 0.2) is 16.9 Å². The summed E-state index contributed by atoms with van der Waals surface area (Å²) in [4.78, 5) is 14.1. The van der Waals surface area contributed by atoms with Crippen molar-refractivity contribution in [3.8, 4) is 0 Å². The van der Waals surface area contributed by atoms with Gasteiger partial charge in [-0.25, -0.2) is 0 Å². The summed E-state index contributed by atoms with van der Waals surface area (Å²) in [6, 6.07) is 3.85. The second-order valence-electron chi connectivity index (χ2n) is 3.70. The number of pyridine rings is 1. The summed E-state index contributed by atoms with van der Waals surface area (Å²) >= 11 is 0. The lowest BCUT2D eigenvalue weighted by Gasteiger charge is -2.23. The molecule has 1 atom stereocenters. The van der Waals surface area contributed by atoms with Crippen molar-refractivity contribution in [1.82, 2.24) is 10.3 Å². The summed E-state index contributed by atoms with van der Waals surface area (Å²) in [6.45, 7) is 1.02. The van der Waals surface area contributed by atoms with Crippen LogP contribution in [-0.4, -0.2) is 11.5 Å². The Morgan fingerprint density at radius 1 is 1.36 bits per heavy atom. The number of piperidine rings is 1. The van der Waals surface area contributed by atoms with Gasteiger partial charge in [0.1, 0.15) is 0 Å². The Morgan fingerprint density at radius 3 is 2.86 bits per heavy atom. The van der Waals surface area contributed by atoms with Crippen molar-refractivity contribution in [2.45, 2.75) is 25.3 Å².